The summed E-state index contributed by atoms with van der Waals surface area (Å²) in [6.07, 6.45) is 0. The third-order valence-corrected chi connectivity index (χ3v) is 5.04. The SMILES string of the molecule is O=S(=O)(NCc1ccccc1Cl)c1ccc(I)cc1. The van der Waals surface area contributed by atoms with Gasteiger partial charge in [-0.2, -0.15) is 0 Å². The first-order chi connectivity index (χ1) is 8.99. The molecule has 0 bridgehead atoms. The van der Waals surface area contributed by atoms with Crippen molar-refractivity contribution in [3.63, 3.8) is 0 Å². The molecule has 0 saturated carbocycles. The van der Waals surface area contributed by atoms with Gasteiger partial charge in [-0.1, -0.05) is 29.8 Å². The van der Waals surface area contributed by atoms with Gasteiger partial charge in [-0.15, -0.1) is 0 Å². The van der Waals surface area contributed by atoms with E-state index in [0.717, 1.165) is 9.13 Å². The average Bonchev–Trinajstić information content (AvgIpc) is 2.38. The van der Waals surface area contributed by atoms with Crippen LogP contribution in [0.4, 0.5) is 0 Å². The van der Waals surface area contributed by atoms with Gasteiger partial charge in [-0.25, -0.2) is 13.1 Å². The van der Waals surface area contributed by atoms with Crippen LogP contribution in [0.15, 0.2) is 53.4 Å². The van der Waals surface area contributed by atoms with E-state index in [0.29, 0.717) is 5.02 Å². The summed E-state index contributed by atoms with van der Waals surface area (Å²) >= 11 is 8.11. The quantitative estimate of drug-likeness (QED) is 0.790. The summed E-state index contributed by atoms with van der Waals surface area (Å²) < 4.78 is 27.7. The summed E-state index contributed by atoms with van der Waals surface area (Å²) in [5.41, 5.74) is 0.748. The molecule has 0 aliphatic rings. The van der Waals surface area contributed by atoms with Gasteiger partial charge in [-0.05, 0) is 58.5 Å². The Morgan fingerprint density at radius 3 is 2.32 bits per heavy atom. The predicted octanol–water partition coefficient (Wildman–Crippen LogP) is 3.42. The fraction of sp³-hybridized carbons (Fsp3) is 0.0769. The van der Waals surface area contributed by atoms with Crippen molar-refractivity contribution in [1.82, 2.24) is 4.72 Å². The van der Waals surface area contributed by atoms with E-state index in [2.05, 4.69) is 27.3 Å². The highest BCUT2D eigenvalue weighted by atomic mass is 127. The van der Waals surface area contributed by atoms with Crippen molar-refractivity contribution in [2.75, 3.05) is 0 Å². The first kappa shape index (κ1) is 14.8. The maximum atomic E-state index is 12.1. The average molecular weight is 408 g/mol. The molecule has 0 amide bonds. The number of halogens is 2. The normalized spacial score (nSPS) is 11.5. The molecule has 2 rings (SSSR count). The van der Waals surface area contributed by atoms with E-state index in [1.54, 1.807) is 42.5 Å². The van der Waals surface area contributed by atoms with Crippen molar-refractivity contribution in [2.24, 2.45) is 0 Å². The van der Waals surface area contributed by atoms with Crippen LogP contribution < -0.4 is 4.72 Å². The molecular formula is C13H11ClINO2S. The lowest BCUT2D eigenvalue weighted by Crippen LogP contribution is -2.23. The molecule has 0 aromatic heterocycles. The van der Waals surface area contributed by atoms with E-state index >= 15 is 0 Å². The molecule has 0 spiro atoms. The smallest absolute Gasteiger partial charge is 0.207 e. The molecule has 0 radical (unpaired) electrons. The Hall–Kier alpha value is -0.630. The number of nitrogens with one attached hydrogen (secondary N) is 1. The molecule has 0 unspecified atom stereocenters. The van der Waals surface area contributed by atoms with E-state index in [9.17, 15) is 8.42 Å². The molecule has 2 aromatic carbocycles. The summed E-state index contributed by atoms with van der Waals surface area (Å²) in [5, 5.41) is 0.549. The van der Waals surface area contributed by atoms with Gasteiger partial charge in [0.25, 0.3) is 0 Å². The van der Waals surface area contributed by atoms with Gasteiger partial charge in [0.15, 0.2) is 0 Å². The fourth-order valence-electron chi connectivity index (χ4n) is 1.51. The fourth-order valence-corrected chi connectivity index (χ4v) is 3.08. The molecule has 0 saturated heterocycles. The maximum Gasteiger partial charge on any atom is 0.240 e. The topological polar surface area (TPSA) is 46.2 Å². The van der Waals surface area contributed by atoms with Crippen molar-refractivity contribution in [2.45, 2.75) is 11.4 Å². The second-order valence-electron chi connectivity index (χ2n) is 3.87. The lowest BCUT2D eigenvalue weighted by molar-refractivity contribution is 0.581. The minimum atomic E-state index is -3.50. The van der Waals surface area contributed by atoms with Gasteiger partial charge in [0, 0.05) is 15.1 Å². The zero-order valence-corrected chi connectivity index (χ0v) is 13.5. The Morgan fingerprint density at radius 1 is 1.05 bits per heavy atom. The first-order valence-corrected chi connectivity index (χ1v) is 8.42. The van der Waals surface area contributed by atoms with Crippen molar-refractivity contribution in [3.8, 4) is 0 Å². The standard InChI is InChI=1S/C13H11ClINO2S/c14-13-4-2-1-3-10(13)9-16-19(17,18)12-7-5-11(15)6-8-12/h1-8,16H,9H2. The van der Waals surface area contributed by atoms with E-state index in [1.807, 2.05) is 6.07 Å². The number of benzene rings is 2. The summed E-state index contributed by atoms with van der Waals surface area (Å²) in [6.45, 7) is 0.175. The minimum Gasteiger partial charge on any atom is -0.207 e. The van der Waals surface area contributed by atoms with Crippen molar-refractivity contribution < 1.29 is 8.42 Å². The molecule has 0 atom stereocenters. The van der Waals surface area contributed by atoms with Crippen molar-refractivity contribution in [1.29, 1.82) is 0 Å². The molecular weight excluding hydrogens is 397 g/mol. The Morgan fingerprint density at radius 2 is 1.68 bits per heavy atom. The van der Waals surface area contributed by atoms with Crippen LogP contribution in [0.3, 0.4) is 0 Å². The molecule has 19 heavy (non-hydrogen) atoms. The van der Waals surface area contributed by atoms with E-state index in [-0.39, 0.29) is 11.4 Å². The molecule has 0 heterocycles. The van der Waals surface area contributed by atoms with Crippen LogP contribution in [-0.4, -0.2) is 8.42 Å². The number of hydrogen-bond acceptors (Lipinski definition) is 2. The second-order valence-corrected chi connectivity index (χ2v) is 7.29. The Balaban J connectivity index is 2.14. The van der Waals surface area contributed by atoms with Crippen LogP contribution in [0.5, 0.6) is 0 Å². The van der Waals surface area contributed by atoms with Crippen LogP contribution in [0.25, 0.3) is 0 Å². The second kappa shape index (κ2) is 6.21. The van der Waals surface area contributed by atoms with Crippen LogP contribution in [-0.2, 0) is 16.6 Å². The predicted molar refractivity (Wildman–Crippen MR) is 84.6 cm³/mol. The molecule has 0 fully saturated rings. The Kier molecular flexibility index (Phi) is 4.83. The largest absolute Gasteiger partial charge is 0.240 e. The minimum absolute atomic E-state index is 0.175. The maximum absolute atomic E-state index is 12.1. The molecule has 0 aliphatic carbocycles. The third-order valence-electron chi connectivity index (χ3n) is 2.53. The summed E-state index contributed by atoms with van der Waals surface area (Å²) in [6, 6.07) is 13.8. The Labute approximate surface area is 131 Å². The lowest BCUT2D eigenvalue weighted by Gasteiger charge is -2.08. The highest BCUT2D eigenvalue weighted by molar-refractivity contribution is 14.1. The van der Waals surface area contributed by atoms with Crippen LogP contribution in [0, 0.1) is 3.57 Å². The van der Waals surface area contributed by atoms with Gasteiger partial charge < -0.3 is 0 Å². The first-order valence-electron chi connectivity index (χ1n) is 5.48. The van der Waals surface area contributed by atoms with Gasteiger partial charge in [-0.3, -0.25) is 0 Å². The molecule has 6 heteroatoms. The van der Waals surface area contributed by atoms with Gasteiger partial charge >= 0.3 is 0 Å². The zero-order chi connectivity index (χ0) is 13.9. The highest BCUT2D eigenvalue weighted by Crippen LogP contribution is 2.16. The molecule has 100 valence electrons. The molecule has 1 N–H and O–H groups in total. The summed E-state index contributed by atoms with van der Waals surface area (Å²) in [7, 11) is -3.50. The van der Waals surface area contributed by atoms with Gasteiger partial charge in [0.1, 0.15) is 0 Å². The third kappa shape index (κ3) is 3.92. The lowest BCUT2D eigenvalue weighted by atomic mass is 10.2. The molecule has 2 aromatic rings. The zero-order valence-electron chi connectivity index (χ0n) is 9.81. The van der Waals surface area contributed by atoms with Crippen molar-refractivity contribution >= 4 is 44.2 Å². The van der Waals surface area contributed by atoms with Gasteiger partial charge in [0.05, 0.1) is 4.90 Å². The van der Waals surface area contributed by atoms with E-state index in [1.165, 1.54) is 0 Å². The molecule has 0 aliphatic heterocycles. The number of sulfonamides is 1. The molecule has 3 nitrogen and oxygen atoms in total. The van der Waals surface area contributed by atoms with E-state index in [4.69, 9.17) is 11.6 Å². The van der Waals surface area contributed by atoms with Crippen molar-refractivity contribution in [3.05, 3.63) is 62.7 Å². The van der Waals surface area contributed by atoms with Crippen LogP contribution in [0.2, 0.25) is 5.02 Å². The monoisotopic (exact) mass is 407 g/mol. The van der Waals surface area contributed by atoms with Crippen LogP contribution in [0.1, 0.15) is 5.56 Å². The van der Waals surface area contributed by atoms with E-state index < -0.39 is 10.0 Å². The number of rotatable bonds is 4. The van der Waals surface area contributed by atoms with Gasteiger partial charge in [0.2, 0.25) is 10.0 Å². The van der Waals surface area contributed by atoms with Crippen LogP contribution >= 0.6 is 34.2 Å². The highest BCUT2D eigenvalue weighted by Gasteiger charge is 2.13. The number of hydrogen-bond donors (Lipinski definition) is 1. The Bertz CT molecular complexity index is 671. The summed E-state index contributed by atoms with van der Waals surface area (Å²) in [4.78, 5) is 0.250. The summed E-state index contributed by atoms with van der Waals surface area (Å²) in [5.74, 6) is 0.